The first-order valence-electron chi connectivity index (χ1n) is 16.3. The molecule has 0 saturated carbocycles. The summed E-state index contributed by atoms with van der Waals surface area (Å²) in [5.41, 5.74) is 0. The highest BCUT2D eigenvalue weighted by Gasteiger charge is 2.21. The molecule has 3 amide bonds. The second-order valence-corrected chi connectivity index (χ2v) is 11.6. The van der Waals surface area contributed by atoms with Gasteiger partial charge in [0.1, 0.15) is 5.78 Å². The smallest absolute Gasteiger partial charge is 0.222 e. The monoisotopic (exact) mass is 613 g/mol. The van der Waals surface area contributed by atoms with Gasteiger partial charge in [-0.1, -0.05) is 0 Å². The van der Waals surface area contributed by atoms with E-state index >= 15 is 0 Å². The minimum Gasteiger partial charge on any atom is -0.356 e. The fourth-order valence-electron chi connectivity index (χ4n) is 5.13. The molecule has 0 spiro atoms. The first-order valence-corrected chi connectivity index (χ1v) is 16.3. The Balaban J connectivity index is 4.79. The Kier molecular flexibility index (Phi) is 26.1. The van der Waals surface area contributed by atoms with E-state index in [0.29, 0.717) is 32.2 Å². The van der Waals surface area contributed by atoms with Gasteiger partial charge in [0, 0.05) is 56.4 Å². The van der Waals surface area contributed by atoms with Crippen LogP contribution >= 0.6 is 0 Å². The summed E-state index contributed by atoms with van der Waals surface area (Å²) in [6.45, 7) is 4.72. The summed E-state index contributed by atoms with van der Waals surface area (Å²) >= 11 is 0. The van der Waals surface area contributed by atoms with Gasteiger partial charge in [-0.2, -0.15) is 0 Å². The van der Waals surface area contributed by atoms with E-state index in [9.17, 15) is 19.2 Å². The third-order valence-electron chi connectivity index (χ3n) is 7.62. The lowest BCUT2D eigenvalue weighted by molar-refractivity contribution is -0.124. The number of ketones is 1. The molecule has 4 unspecified atom stereocenters. The number of carbonyl (C=O) groups is 4. The summed E-state index contributed by atoms with van der Waals surface area (Å²) in [6.07, 6.45) is 8.76. The number of rotatable bonds is 29. The third kappa shape index (κ3) is 24.0. The summed E-state index contributed by atoms with van der Waals surface area (Å²) in [4.78, 5) is 50.1. The van der Waals surface area contributed by atoms with Gasteiger partial charge in [-0.25, -0.2) is 0 Å². The van der Waals surface area contributed by atoms with Crippen LogP contribution in [0.4, 0.5) is 0 Å². The molecule has 4 atom stereocenters. The predicted octanol–water partition coefficient (Wildman–Crippen LogP) is 0.567. The molecule has 0 rings (SSSR count). The van der Waals surface area contributed by atoms with Gasteiger partial charge < -0.3 is 42.5 Å². The molecular formula is C31H64N8O4. The van der Waals surface area contributed by atoms with Crippen molar-refractivity contribution in [1.29, 1.82) is 0 Å². The van der Waals surface area contributed by atoms with Crippen molar-refractivity contribution in [3.05, 3.63) is 0 Å². The molecule has 0 heterocycles. The molecule has 0 bridgehead atoms. The Morgan fingerprint density at radius 2 is 0.860 bits per heavy atom. The van der Waals surface area contributed by atoms with Gasteiger partial charge in [0.15, 0.2) is 0 Å². The minimum atomic E-state index is -0.275. The highest BCUT2D eigenvalue weighted by atomic mass is 16.2. The van der Waals surface area contributed by atoms with Crippen LogP contribution in [0.1, 0.15) is 90.4 Å². The minimum absolute atomic E-state index is 0.0187. The SMILES string of the molecule is CNCCCC(CC(=O)NCCCCC(CC(C)=O)NC(=O)CC(CCCNC)NC(=O)CC(CCCNC)NC)NC. The zero-order chi connectivity index (χ0) is 32.3. The Hall–Kier alpha value is -2.12. The quantitative estimate of drug-likeness (QED) is 0.0564. The van der Waals surface area contributed by atoms with Crippen molar-refractivity contribution in [3.8, 4) is 0 Å². The number of hydrogen-bond acceptors (Lipinski definition) is 9. The van der Waals surface area contributed by atoms with Crippen molar-refractivity contribution < 1.29 is 19.2 Å². The highest BCUT2D eigenvalue weighted by molar-refractivity contribution is 5.81. The van der Waals surface area contributed by atoms with Crippen molar-refractivity contribution in [1.82, 2.24) is 42.5 Å². The van der Waals surface area contributed by atoms with Crippen LogP contribution in [-0.2, 0) is 19.2 Å². The van der Waals surface area contributed by atoms with Gasteiger partial charge in [-0.3, -0.25) is 19.2 Å². The van der Waals surface area contributed by atoms with Crippen molar-refractivity contribution in [2.75, 3.05) is 61.4 Å². The fourth-order valence-corrected chi connectivity index (χ4v) is 5.13. The Labute approximate surface area is 261 Å². The Morgan fingerprint density at radius 3 is 1.30 bits per heavy atom. The number of hydrogen-bond donors (Lipinski definition) is 8. The molecule has 0 radical (unpaired) electrons. The molecule has 0 aliphatic rings. The summed E-state index contributed by atoms with van der Waals surface area (Å²) in [7, 11) is 9.47. The van der Waals surface area contributed by atoms with Crippen LogP contribution < -0.4 is 42.5 Å². The van der Waals surface area contributed by atoms with Gasteiger partial charge in [0.25, 0.3) is 0 Å². The van der Waals surface area contributed by atoms with Crippen LogP contribution in [-0.4, -0.2) is 109 Å². The molecule has 252 valence electrons. The summed E-state index contributed by atoms with van der Waals surface area (Å²) in [5, 5.41) is 24.9. The number of nitrogens with one attached hydrogen (secondary N) is 8. The van der Waals surface area contributed by atoms with E-state index in [4.69, 9.17) is 0 Å². The fraction of sp³-hybridized carbons (Fsp3) is 0.871. The van der Waals surface area contributed by atoms with Crippen LogP contribution in [0.5, 0.6) is 0 Å². The maximum Gasteiger partial charge on any atom is 0.222 e. The molecule has 43 heavy (non-hydrogen) atoms. The molecule has 0 aliphatic carbocycles. The maximum absolute atomic E-state index is 13.0. The zero-order valence-corrected chi connectivity index (χ0v) is 28.0. The van der Waals surface area contributed by atoms with E-state index in [0.717, 1.165) is 64.6 Å². The van der Waals surface area contributed by atoms with Gasteiger partial charge in [-0.15, -0.1) is 0 Å². The molecule has 0 saturated heterocycles. The number of carbonyl (C=O) groups excluding carboxylic acids is 4. The Bertz CT molecular complexity index is 755. The van der Waals surface area contributed by atoms with E-state index in [1.165, 1.54) is 6.92 Å². The van der Waals surface area contributed by atoms with E-state index in [2.05, 4.69) is 42.5 Å². The predicted molar refractivity (Wildman–Crippen MR) is 175 cm³/mol. The lowest BCUT2D eigenvalue weighted by atomic mass is 10.0. The van der Waals surface area contributed by atoms with Crippen molar-refractivity contribution in [2.45, 2.75) is 115 Å². The zero-order valence-electron chi connectivity index (χ0n) is 28.0. The summed E-state index contributed by atoms with van der Waals surface area (Å²) in [5.74, 6) is -0.176. The first kappa shape index (κ1) is 40.9. The second kappa shape index (κ2) is 27.4. The second-order valence-electron chi connectivity index (χ2n) is 11.6. The van der Waals surface area contributed by atoms with Crippen LogP contribution in [0, 0.1) is 0 Å². The van der Waals surface area contributed by atoms with Gasteiger partial charge in [0.05, 0.1) is 0 Å². The van der Waals surface area contributed by atoms with Crippen LogP contribution in [0.3, 0.4) is 0 Å². The molecule has 12 heteroatoms. The number of amides is 3. The molecule has 0 aromatic carbocycles. The molecule has 12 nitrogen and oxygen atoms in total. The van der Waals surface area contributed by atoms with Crippen LogP contribution in [0.2, 0.25) is 0 Å². The normalized spacial score (nSPS) is 14.0. The molecule has 0 aliphatic heterocycles. The van der Waals surface area contributed by atoms with E-state index in [-0.39, 0.29) is 60.5 Å². The van der Waals surface area contributed by atoms with Crippen LogP contribution in [0.25, 0.3) is 0 Å². The molecule has 0 aromatic rings. The molecule has 8 N–H and O–H groups in total. The highest BCUT2D eigenvalue weighted by Crippen LogP contribution is 2.10. The average molecular weight is 613 g/mol. The van der Waals surface area contributed by atoms with Gasteiger partial charge in [-0.05, 0) is 120 Å². The third-order valence-corrected chi connectivity index (χ3v) is 7.62. The Morgan fingerprint density at radius 1 is 0.465 bits per heavy atom. The molecule has 0 fully saturated rings. The van der Waals surface area contributed by atoms with Crippen molar-refractivity contribution in [2.24, 2.45) is 0 Å². The standard InChI is InChI=1S/C31H64N8O4/c1-24(40)20-27(12-7-8-19-37-29(41)21-25(35-5)13-9-16-32-2)38-31(43)23-28(15-11-18-34-4)39-30(42)22-26(36-6)14-10-17-33-3/h25-28,32-36H,7-23H2,1-6H3,(H,37,41)(H,38,43)(H,39,42). The number of unbranched alkanes of at least 4 members (excludes halogenated alkanes) is 1. The summed E-state index contributed by atoms with van der Waals surface area (Å²) in [6, 6.07) is -0.305. The van der Waals surface area contributed by atoms with E-state index in [1.54, 1.807) is 0 Å². The topological polar surface area (TPSA) is 165 Å². The van der Waals surface area contributed by atoms with Gasteiger partial charge in [0.2, 0.25) is 17.7 Å². The van der Waals surface area contributed by atoms with E-state index in [1.807, 2.05) is 35.2 Å². The largest absolute Gasteiger partial charge is 0.356 e. The maximum atomic E-state index is 13.0. The lowest BCUT2D eigenvalue weighted by Gasteiger charge is -2.23. The van der Waals surface area contributed by atoms with Crippen molar-refractivity contribution in [3.63, 3.8) is 0 Å². The van der Waals surface area contributed by atoms with Crippen LogP contribution in [0.15, 0.2) is 0 Å². The molecule has 0 aromatic heterocycles. The first-order chi connectivity index (χ1) is 20.7. The average Bonchev–Trinajstić information content (AvgIpc) is 2.95. The van der Waals surface area contributed by atoms with Crippen molar-refractivity contribution >= 4 is 23.5 Å². The van der Waals surface area contributed by atoms with E-state index < -0.39 is 0 Å². The summed E-state index contributed by atoms with van der Waals surface area (Å²) < 4.78 is 0. The lowest BCUT2D eigenvalue weighted by Crippen LogP contribution is -2.44. The van der Waals surface area contributed by atoms with Gasteiger partial charge >= 0.3 is 0 Å². The molecular weight excluding hydrogens is 548 g/mol. The number of Topliss-reactive ketones (excluding diaryl/α,β-unsaturated/α-hetero) is 1.